The molecule has 11 heteroatoms. The Balaban J connectivity index is 0.986. The molecule has 2 N–H and O–H groups in total. The Morgan fingerprint density at radius 2 is 1.49 bits per heavy atom. The fourth-order valence-corrected chi connectivity index (χ4v) is 11.3. The zero-order valence-corrected chi connectivity index (χ0v) is 30.3. The molecule has 10 heterocycles. The number of aliphatic hydroxyl groups excluding tert-OH is 2. The van der Waals surface area contributed by atoms with E-state index in [9.17, 15) is 15.0 Å². The fraction of sp³-hybridized carbons (Fsp3) is 0.875. The molecule has 11 nitrogen and oxygen atoms in total. The summed E-state index contributed by atoms with van der Waals surface area (Å²) >= 11 is 0. The summed E-state index contributed by atoms with van der Waals surface area (Å²) in [6.07, 6.45) is 5.65. The van der Waals surface area contributed by atoms with Crippen molar-refractivity contribution in [3.05, 3.63) is 24.3 Å². The number of ether oxygens (including phenoxy) is 8. The minimum atomic E-state index is -0.872. The standard InChI is InChI=1S/C40H58O11/c1-19-11-25-5-7-29-20(2)12-27(44-29)9-10-40-17-34-36(50-40)37-38(49-34)39(51-40)35-30(48-37)8-6-26(46-35)13-23(42)14-28-22(4)31(15-24(43)18-41)47-33(28)16-32(45-25)21(19)3/h19,22,24-39,41,43H,2-3,5-18H2,1,4H3/t19-,22-,24+,25+,26-,27+,28?,29?,30+,31-,32-,33?,34-,35+,36+,37+,38-,39+,40+/m1/s1. The molecular formula is C40H58O11. The molecule has 10 aliphatic rings. The van der Waals surface area contributed by atoms with Gasteiger partial charge in [-0.1, -0.05) is 27.0 Å². The van der Waals surface area contributed by atoms with Crippen LogP contribution in [0.5, 0.6) is 0 Å². The predicted molar refractivity (Wildman–Crippen MR) is 183 cm³/mol. The van der Waals surface area contributed by atoms with Gasteiger partial charge in [-0.3, -0.25) is 4.79 Å². The average molecular weight is 715 g/mol. The van der Waals surface area contributed by atoms with E-state index in [1.165, 1.54) is 0 Å². The number of carbonyl (C=O) groups is 1. The van der Waals surface area contributed by atoms with Crippen LogP contribution in [0.1, 0.15) is 97.3 Å². The van der Waals surface area contributed by atoms with Gasteiger partial charge >= 0.3 is 0 Å². The molecule has 10 fully saturated rings. The lowest BCUT2D eigenvalue weighted by Crippen LogP contribution is -2.61. The maximum atomic E-state index is 14.0. The van der Waals surface area contributed by atoms with E-state index in [1.807, 2.05) is 0 Å². The van der Waals surface area contributed by atoms with Gasteiger partial charge in [-0.25, -0.2) is 0 Å². The maximum absolute atomic E-state index is 14.0. The third-order valence-electron chi connectivity index (χ3n) is 14.1. The summed E-state index contributed by atoms with van der Waals surface area (Å²) in [5.74, 6) is -0.367. The molecule has 284 valence electrons. The Labute approximate surface area is 301 Å². The topological polar surface area (TPSA) is 131 Å². The van der Waals surface area contributed by atoms with Crippen LogP contribution in [0.4, 0.5) is 0 Å². The van der Waals surface area contributed by atoms with Crippen molar-refractivity contribution in [2.45, 2.75) is 195 Å². The van der Waals surface area contributed by atoms with Gasteiger partial charge in [0.05, 0.1) is 67.6 Å². The van der Waals surface area contributed by atoms with Crippen molar-refractivity contribution in [3.8, 4) is 0 Å². The number of ketones is 1. The minimum absolute atomic E-state index is 0.00894. The Hall–Kier alpha value is -1.25. The van der Waals surface area contributed by atoms with Crippen molar-refractivity contribution in [2.75, 3.05) is 6.61 Å². The molecular weight excluding hydrogens is 656 g/mol. The highest BCUT2D eigenvalue weighted by Gasteiger charge is 2.68. The Morgan fingerprint density at radius 1 is 0.745 bits per heavy atom. The molecule has 0 radical (unpaired) electrons. The van der Waals surface area contributed by atoms with E-state index in [0.717, 1.165) is 56.1 Å². The van der Waals surface area contributed by atoms with E-state index in [0.29, 0.717) is 44.4 Å². The molecule has 1 spiro atoms. The Kier molecular flexibility index (Phi) is 9.59. The molecule has 0 aliphatic carbocycles. The highest BCUT2D eigenvalue weighted by molar-refractivity contribution is 5.79. The third kappa shape index (κ3) is 6.53. The van der Waals surface area contributed by atoms with Crippen molar-refractivity contribution < 1.29 is 52.9 Å². The zero-order valence-electron chi connectivity index (χ0n) is 30.3. The highest BCUT2D eigenvalue weighted by Crippen LogP contribution is 2.54. The van der Waals surface area contributed by atoms with Crippen molar-refractivity contribution in [2.24, 2.45) is 17.8 Å². The van der Waals surface area contributed by atoms with Crippen LogP contribution in [-0.2, 0) is 42.7 Å². The first kappa shape index (κ1) is 35.5. The van der Waals surface area contributed by atoms with Crippen molar-refractivity contribution in [1.29, 1.82) is 0 Å². The first-order valence-corrected chi connectivity index (χ1v) is 20.0. The van der Waals surface area contributed by atoms with Crippen LogP contribution >= 0.6 is 0 Å². The SMILES string of the molecule is C=C1C[C@@H]2CC[C@@]34C[C@H]5O[C@H]6[C@@H](O3)[C@H]3O[C@H](CC[C@@H]3O[C@H]6[C@H]5O4)CC(=O)CC3C(C[C@H]4O[C@@H](CCC1O2)C[C@@H](C)C4=C)O[C@H](C[C@H](O)CO)[C@@H]3C. The normalized spacial score (nSPS) is 53.2. The summed E-state index contributed by atoms with van der Waals surface area (Å²) in [4.78, 5) is 14.0. The van der Waals surface area contributed by atoms with Crippen molar-refractivity contribution in [3.63, 3.8) is 0 Å². The molecule has 51 heavy (non-hydrogen) atoms. The van der Waals surface area contributed by atoms with Crippen LogP contribution < -0.4 is 0 Å². The Bertz CT molecular complexity index is 1360. The van der Waals surface area contributed by atoms with Crippen LogP contribution in [0.2, 0.25) is 0 Å². The van der Waals surface area contributed by atoms with Gasteiger partial charge in [0.15, 0.2) is 5.79 Å². The summed E-state index contributed by atoms with van der Waals surface area (Å²) in [5, 5.41) is 20.0. The molecule has 0 aromatic rings. The molecule has 10 rings (SSSR count). The molecule has 3 unspecified atom stereocenters. The van der Waals surface area contributed by atoms with Crippen LogP contribution in [0.3, 0.4) is 0 Å². The first-order valence-electron chi connectivity index (χ1n) is 20.0. The number of carbonyl (C=O) groups excluding carboxylic acids is 1. The molecule has 0 saturated carbocycles. The molecule has 0 aromatic heterocycles. The van der Waals surface area contributed by atoms with Gasteiger partial charge in [0, 0.05) is 38.5 Å². The summed E-state index contributed by atoms with van der Waals surface area (Å²) in [7, 11) is 0. The quantitative estimate of drug-likeness (QED) is 0.410. The molecule has 0 amide bonds. The number of hydrogen-bond donors (Lipinski definition) is 2. The second-order valence-corrected chi connectivity index (χ2v) is 17.5. The number of hydrogen-bond acceptors (Lipinski definition) is 11. The predicted octanol–water partition coefficient (Wildman–Crippen LogP) is 4.09. The molecule has 10 saturated heterocycles. The zero-order chi connectivity index (χ0) is 35.2. The smallest absolute Gasteiger partial charge is 0.172 e. The second kappa shape index (κ2) is 13.8. The van der Waals surface area contributed by atoms with E-state index < -0.39 is 11.9 Å². The maximum Gasteiger partial charge on any atom is 0.172 e. The monoisotopic (exact) mass is 714 g/mol. The van der Waals surface area contributed by atoms with E-state index >= 15 is 0 Å². The van der Waals surface area contributed by atoms with Gasteiger partial charge in [0.1, 0.15) is 36.3 Å². The van der Waals surface area contributed by atoms with E-state index in [-0.39, 0.29) is 110 Å². The first-order chi connectivity index (χ1) is 24.6. The number of rotatable bonds is 3. The third-order valence-corrected chi connectivity index (χ3v) is 14.1. The van der Waals surface area contributed by atoms with Crippen molar-refractivity contribution >= 4 is 5.78 Å². The largest absolute Gasteiger partial charge is 0.394 e. The molecule has 10 aliphatic heterocycles. The lowest BCUT2D eigenvalue weighted by atomic mass is 9.79. The van der Waals surface area contributed by atoms with Gasteiger partial charge < -0.3 is 48.1 Å². The van der Waals surface area contributed by atoms with Gasteiger partial charge in [-0.2, -0.15) is 0 Å². The Morgan fingerprint density at radius 3 is 2.33 bits per heavy atom. The minimum Gasteiger partial charge on any atom is -0.394 e. The van der Waals surface area contributed by atoms with E-state index in [2.05, 4.69) is 27.0 Å². The molecule has 19 atom stereocenters. The lowest BCUT2D eigenvalue weighted by molar-refractivity contribution is -0.292. The van der Waals surface area contributed by atoms with Gasteiger partial charge in [-0.05, 0) is 73.8 Å². The number of aliphatic hydroxyl groups is 2. The number of fused-ring (bicyclic) bond motifs is 6. The van der Waals surface area contributed by atoms with Gasteiger partial charge in [0.2, 0.25) is 0 Å². The van der Waals surface area contributed by atoms with E-state index in [1.54, 1.807) is 0 Å². The van der Waals surface area contributed by atoms with Crippen LogP contribution in [0.25, 0.3) is 0 Å². The van der Waals surface area contributed by atoms with Crippen LogP contribution in [0, 0.1) is 17.8 Å². The van der Waals surface area contributed by atoms with Crippen LogP contribution in [0.15, 0.2) is 24.3 Å². The summed E-state index contributed by atoms with van der Waals surface area (Å²) in [6.45, 7) is 12.9. The van der Waals surface area contributed by atoms with Gasteiger partial charge in [-0.15, -0.1) is 0 Å². The molecule has 0 aromatic carbocycles. The highest BCUT2D eigenvalue weighted by atomic mass is 16.8. The fourth-order valence-electron chi connectivity index (χ4n) is 11.3. The number of Topliss-reactive ketones (excluding diaryl/α,β-unsaturated/α-hetero) is 1. The second-order valence-electron chi connectivity index (χ2n) is 17.5. The molecule has 12 bridgehead atoms. The van der Waals surface area contributed by atoms with Crippen LogP contribution in [-0.4, -0.2) is 120 Å². The van der Waals surface area contributed by atoms with Crippen molar-refractivity contribution in [1.82, 2.24) is 0 Å². The summed E-state index contributed by atoms with van der Waals surface area (Å²) in [5.41, 5.74) is 2.22. The van der Waals surface area contributed by atoms with Gasteiger partial charge in [0.25, 0.3) is 0 Å². The summed E-state index contributed by atoms with van der Waals surface area (Å²) < 4.78 is 53.9. The lowest BCUT2D eigenvalue weighted by Gasteiger charge is -2.47. The summed E-state index contributed by atoms with van der Waals surface area (Å²) in [6, 6.07) is 0. The van der Waals surface area contributed by atoms with E-state index in [4.69, 9.17) is 37.9 Å². The average Bonchev–Trinajstić information content (AvgIpc) is 3.77.